The summed E-state index contributed by atoms with van der Waals surface area (Å²) >= 11 is 0. The monoisotopic (exact) mass is 620 g/mol. The average molecular weight is 620 g/mol. The molecular weight excluding hydrogens is 605 g/mol. The molecule has 0 bridgehead atoms. The van der Waals surface area contributed by atoms with Crippen LogP contribution < -0.4 is 19.3 Å². The van der Waals surface area contributed by atoms with Gasteiger partial charge in [-0.2, -0.15) is 0 Å². The highest BCUT2D eigenvalue weighted by atomic mass is 19.2. The van der Waals surface area contributed by atoms with Gasteiger partial charge in [0.25, 0.3) is 0 Å². The first-order chi connectivity index (χ1) is 20.3. The van der Waals surface area contributed by atoms with E-state index >= 15 is 0 Å². The standard InChI is InChI=1S/C14H7F6NO.C14H8F5NO/c15-6-1-9(17)14(10(18)2-6)21-4-7-11(22-5-21)3-8(16)13(20)12(7)19;15-9-2-1-7(3-10(9)16)20-5-8-12(21-6-20)4-11(17)14(19)13(8)18/h1-3H,4-5H2;1-4H,5-6H2. The normalized spacial score (nSPS) is 13.8. The first-order valence-electron chi connectivity index (χ1n) is 12.0. The van der Waals surface area contributed by atoms with Gasteiger partial charge in [0.2, 0.25) is 0 Å². The fourth-order valence-electron chi connectivity index (χ4n) is 4.37. The third-order valence-corrected chi connectivity index (χ3v) is 6.46. The Morgan fingerprint density at radius 1 is 0.465 bits per heavy atom. The summed E-state index contributed by atoms with van der Waals surface area (Å²) in [6.45, 7) is -1.17. The molecule has 0 amide bonds. The van der Waals surface area contributed by atoms with E-state index in [1.54, 1.807) is 0 Å². The Hall–Kier alpha value is -4.69. The highest BCUT2D eigenvalue weighted by molar-refractivity contribution is 5.53. The van der Waals surface area contributed by atoms with E-state index in [0.29, 0.717) is 18.2 Å². The molecule has 43 heavy (non-hydrogen) atoms. The molecule has 0 N–H and O–H groups in total. The van der Waals surface area contributed by atoms with E-state index in [1.165, 1.54) is 11.0 Å². The predicted octanol–water partition coefficient (Wildman–Crippen LogP) is 7.62. The highest BCUT2D eigenvalue weighted by Gasteiger charge is 2.29. The lowest BCUT2D eigenvalue weighted by molar-refractivity contribution is 0.275. The SMILES string of the molecule is Fc1cc(F)c(N2COc3cc(F)c(F)c(F)c3C2)c(F)c1.Fc1ccc(N2COc3cc(F)c(F)c(F)c3C2)cc1F. The molecule has 0 unspecified atom stereocenters. The molecular formula is C28H15F11N2O2. The van der Waals surface area contributed by atoms with E-state index in [0.717, 1.165) is 23.1 Å². The van der Waals surface area contributed by atoms with Crippen LogP contribution >= 0.6 is 0 Å². The maximum atomic E-state index is 13.7. The Labute approximate surface area is 235 Å². The van der Waals surface area contributed by atoms with Gasteiger partial charge < -0.3 is 19.3 Å². The Morgan fingerprint density at radius 3 is 1.47 bits per heavy atom. The number of hydrogen-bond donors (Lipinski definition) is 0. The second kappa shape index (κ2) is 11.5. The van der Waals surface area contributed by atoms with Crippen LogP contribution in [0, 0.1) is 64.0 Å². The highest BCUT2D eigenvalue weighted by Crippen LogP contribution is 2.35. The lowest BCUT2D eigenvalue weighted by atomic mass is 10.1. The third-order valence-electron chi connectivity index (χ3n) is 6.46. The van der Waals surface area contributed by atoms with Gasteiger partial charge in [-0.15, -0.1) is 0 Å². The minimum atomic E-state index is -1.70. The van der Waals surface area contributed by atoms with Gasteiger partial charge in [-0.3, -0.25) is 0 Å². The van der Waals surface area contributed by atoms with Crippen LogP contribution in [0.5, 0.6) is 11.5 Å². The van der Waals surface area contributed by atoms with Crippen LogP contribution in [0.4, 0.5) is 59.7 Å². The maximum Gasteiger partial charge on any atom is 0.195 e. The van der Waals surface area contributed by atoms with Gasteiger partial charge in [-0.25, -0.2) is 48.3 Å². The number of benzene rings is 4. The lowest BCUT2D eigenvalue weighted by Crippen LogP contribution is -2.34. The van der Waals surface area contributed by atoms with Crippen molar-refractivity contribution in [1.82, 2.24) is 0 Å². The second-order valence-electron chi connectivity index (χ2n) is 9.19. The molecule has 2 heterocycles. The average Bonchev–Trinajstić information content (AvgIpc) is 2.96. The quantitative estimate of drug-likeness (QED) is 0.170. The zero-order valence-corrected chi connectivity index (χ0v) is 21.2. The number of halogens is 11. The summed E-state index contributed by atoms with van der Waals surface area (Å²) in [7, 11) is 0. The van der Waals surface area contributed by atoms with Crippen molar-refractivity contribution in [3.8, 4) is 11.5 Å². The van der Waals surface area contributed by atoms with Gasteiger partial charge in [-0.1, -0.05) is 0 Å². The lowest BCUT2D eigenvalue weighted by Gasteiger charge is -2.31. The topological polar surface area (TPSA) is 24.9 Å². The molecule has 226 valence electrons. The number of fused-ring (bicyclic) bond motifs is 2. The minimum Gasteiger partial charge on any atom is -0.473 e. The zero-order valence-electron chi connectivity index (χ0n) is 21.2. The van der Waals surface area contributed by atoms with Crippen LogP contribution in [0.3, 0.4) is 0 Å². The molecule has 0 radical (unpaired) electrons. The number of nitrogens with zero attached hydrogens (tertiary/aromatic N) is 2. The smallest absolute Gasteiger partial charge is 0.195 e. The maximum absolute atomic E-state index is 13.7. The van der Waals surface area contributed by atoms with Crippen molar-refractivity contribution >= 4 is 11.4 Å². The molecule has 0 spiro atoms. The van der Waals surface area contributed by atoms with Gasteiger partial charge >= 0.3 is 0 Å². The molecule has 4 nitrogen and oxygen atoms in total. The van der Waals surface area contributed by atoms with Crippen molar-refractivity contribution in [3.05, 3.63) is 118 Å². The van der Waals surface area contributed by atoms with Crippen molar-refractivity contribution in [2.75, 3.05) is 23.3 Å². The van der Waals surface area contributed by atoms with Gasteiger partial charge in [0, 0.05) is 36.0 Å². The van der Waals surface area contributed by atoms with Crippen LogP contribution in [-0.2, 0) is 13.1 Å². The number of ether oxygens (including phenoxy) is 2. The zero-order chi connectivity index (χ0) is 31.2. The van der Waals surface area contributed by atoms with Gasteiger partial charge in [0.05, 0.1) is 24.2 Å². The summed E-state index contributed by atoms with van der Waals surface area (Å²) in [6, 6.07) is 5.44. The summed E-state index contributed by atoms with van der Waals surface area (Å²) in [5.41, 5.74) is -0.960. The van der Waals surface area contributed by atoms with Crippen LogP contribution in [0.15, 0.2) is 42.5 Å². The first-order valence-corrected chi connectivity index (χ1v) is 12.0. The Morgan fingerprint density at radius 2 is 0.953 bits per heavy atom. The fourth-order valence-corrected chi connectivity index (χ4v) is 4.37. The molecule has 0 atom stereocenters. The summed E-state index contributed by atoms with van der Waals surface area (Å²) in [5.74, 6) is -14.9. The van der Waals surface area contributed by atoms with E-state index in [1.807, 2.05) is 0 Å². The number of anilines is 2. The van der Waals surface area contributed by atoms with Crippen LogP contribution in [0.1, 0.15) is 11.1 Å². The van der Waals surface area contributed by atoms with Crippen molar-refractivity contribution in [3.63, 3.8) is 0 Å². The fraction of sp³-hybridized carbons (Fsp3) is 0.143. The van der Waals surface area contributed by atoms with E-state index in [-0.39, 0.29) is 41.6 Å². The van der Waals surface area contributed by atoms with Crippen LogP contribution in [-0.4, -0.2) is 13.5 Å². The molecule has 4 aromatic rings. The minimum absolute atomic E-state index is 0.106. The molecule has 2 aliphatic heterocycles. The second-order valence-corrected chi connectivity index (χ2v) is 9.19. The third kappa shape index (κ3) is 5.70. The summed E-state index contributed by atoms with van der Waals surface area (Å²) in [6.07, 6.45) is 0. The molecule has 2 aliphatic rings. The Kier molecular flexibility index (Phi) is 7.99. The van der Waals surface area contributed by atoms with Crippen molar-refractivity contribution < 1.29 is 57.8 Å². The van der Waals surface area contributed by atoms with Crippen molar-refractivity contribution in [2.45, 2.75) is 13.1 Å². The molecule has 0 fully saturated rings. The van der Waals surface area contributed by atoms with Crippen molar-refractivity contribution in [2.24, 2.45) is 0 Å². The summed E-state index contributed by atoms with van der Waals surface area (Å²) in [4.78, 5) is 2.28. The summed E-state index contributed by atoms with van der Waals surface area (Å²) in [5, 5.41) is 0. The molecule has 6 rings (SSSR count). The Bertz CT molecular complexity index is 1710. The van der Waals surface area contributed by atoms with Crippen molar-refractivity contribution in [1.29, 1.82) is 0 Å². The number of hydrogen-bond acceptors (Lipinski definition) is 4. The molecule has 15 heteroatoms. The van der Waals surface area contributed by atoms with Crippen LogP contribution in [0.2, 0.25) is 0 Å². The predicted molar refractivity (Wildman–Crippen MR) is 129 cm³/mol. The van der Waals surface area contributed by atoms with E-state index in [9.17, 15) is 48.3 Å². The van der Waals surface area contributed by atoms with Crippen LogP contribution in [0.25, 0.3) is 0 Å². The molecule has 0 aliphatic carbocycles. The molecule has 0 saturated carbocycles. The largest absolute Gasteiger partial charge is 0.473 e. The van der Waals surface area contributed by atoms with Gasteiger partial charge in [0.1, 0.15) is 23.0 Å². The molecule has 0 saturated heterocycles. The van der Waals surface area contributed by atoms with E-state index in [2.05, 4.69) is 0 Å². The van der Waals surface area contributed by atoms with E-state index in [4.69, 9.17) is 9.47 Å². The van der Waals surface area contributed by atoms with Gasteiger partial charge in [0.15, 0.2) is 71.6 Å². The Balaban J connectivity index is 0.000000171. The number of rotatable bonds is 2. The summed E-state index contributed by atoms with van der Waals surface area (Å²) < 4.78 is 157. The van der Waals surface area contributed by atoms with E-state index < -0.39 is 83.0 Å². The van der Waals surface area contributed by atoms with Gasteiger partial charge in [-0.05, 0) is 12.1 Å². The first kappa shape index (κ1) is 29.8. The molecule has 4 aromatic carbocycles. The molecule has 0 aromatic heterocycles.